The van der Waals surface area contributed by atoms with Crippen LogP contribution >= 0.6 is 0 Å². The summed E-state index contributed by atoms with van der Waals surface area (Å²) >= 11 is 0. The van der Waals surface area contributed by atoms with Crippen molar-refractivity contribution < 1.29 is 34.0 Å². The van der Waals surface area contributed by atoms with E-state index < -0.39 is 12.2 Å². The molecule has 0 heterocycles. The topological polar surface area (TPSA) is 94.5 Å². The molecule has 2 aromatic carbocycles. The van der Waals surface area contributed by atoms with Gasteiger partial charge in [0.2, 0.25) is 0 Å². The SMILES string of the molecule is C=CCOCC(O)COc1ccc(C(=O)c2ccc(OCC(O)COCC=C)cc2)cc1. The van der Waals surface area contributed by atoms with Gasteiger partial charge >= 0.3 is 0 Å². The molecule has 2 unspecified atom stereocenters. The smallest absolute Gasteiger partial charge is 0.193 e. The average molecular weight is 443 g/mol. The summed E-state index contributed by atoms with van der Waals surface area (Å²) in [7, 11) is 0. The second-order valence-corrected chi connectivity index (χ2v) is 6.96. The zero-order valence-corrected chi connectivity index (χ0v) is 18.0. The quantitative estimate of drug-likeness (QED) is 0.235. The molecule has 0 saturated heterocycles. The van der Waals surface area contributed by atoms with E-state index in [1.165, 1.54) is 0 Å². The van der Waals surface area contributed by atoms with Crippen molar-refractivity contribution in [2.75, 3.05) is 39.6 Å². The van der Waals surface area contributed by atoms with Gasteiger partial charge in [-0.3, -0.25) is 4.79 Å². The van der Waals surface area contributed by atoms with E-state index in [1.807, 2.05) is 0 Å². The lowest BCUT2D eigenvalue weighted by molar-refractivity contribution is 0.0214. The highest BCUT2D eigenvalue weighted by molar-refractivity contribution is 6.09. The van der Waals surface area contributed by atoms with Crippen LogP contribution in [0.5, 0.6) is 11.5 Å². The molecule has 7 heteroatoms. The van der Waals surface area contributed by atoms with Gasteiger partial charge in [0.15, 0.2) is 5.78 Å². The van der Waals surface area contributed by atoms with Crippen LogP contribution in [0, 0.1) is 0 Å². The Balaban J connectivity index is 1.82. The van der Waals surface area contributed by atoms with Crippen LogP contribution in [0.2, 0.25) is 0 Å². The van der Waals surface area contributed by atoms with Gasteiger partial charge in [0.1, 0.15) is 36.9 Å². The number of carbonyl (C=O) groups is 1. The number of aliphatic hydroxyl groups excluding tert-OH is 2. The van der Waals surface area contributed by atoms with Crippen LogP contribution in [0.4, 0.5) is 0 Å². The number of carbonyl (C=O) groups excluding carboxylic acids is 1. The van der Waals surface area contributed by atoms with Crippen molar-refractivity contribution in [3.63, 3.8) is 0 Å². The minimum absolute atomic E-state index is 0.0843. The van der Waals surface area contributed by atoms with E-state index >= 15 is 0 Å². The second kappa shape index (κ2) is 14.2. The van der Waals surface area contributed by atoms with Gasteiger partial charge in [0.05, 0.1) is 26.4 Å². The monoisotopic (exact) mass is 442 g/mol. The maximum absolute atomic E-state index is 12.7. The van der Waals surface area contributed by atoms with Gasteiger partial charge in [0.25, 0.3) is 0 Å². The predicted molar refractivity (Wildman–Crippen MR) is 121 cm³/mol. The summed E-state index contributed by atoms with van der Waals surface area (Å²) in [5.74, 6) is 0.950. The van der Waals surface area contributed by atoms with Crippen LogP contribution < -0.4 is 9.47 Å². The summed E-state index contributed by atoms with van der Waals surface area (Å²) in [5, 5.41) is 19.6. The number of hydrogen-bond donors (Lipinski definition) is 2. The maximum Gasteiger partial charge on any atom is 0.193 e. The highest BCUT2D eigenvalue weighted by Gasteiger charge is 2.11. The zero-order valence-electron chi connectivity index (χ0n) is 18.0. The molecule has 2 N–H and O–H groups in total. The number of benzene rings is 2. The summed E-state index contributed by atoms with van der Waals surface area (Å²) in [4.78, 5) is 12.7. The van der Waals surface area contributed by atoms with Crippen molar-refractivity contribution in [2.45, 2.75) is 12.2 Å². The van der Waals surface area contributed by atoms with Crippen molar-refractivity contribution in [1.29, 1.82) is 0 Å². The Hall–Kier alpha value is -2.97. The number of hydrogen-bond acceptors (Lipinski definition) is 7. The fraction of sp³-hybridized carbons (Fsp3) is 0.320. The first-order chi connectivity index (χ1) is 15.5. The van der Waals surface area contributed by atoms with E-state index in [1.54, 1.807) is 60.7 Å². The van der Waals surface area contributed by atoms with Crippen LogP contribution in [0.1, 0.15) is 15.9 Å². The molecule has 2 rings (SSSR count). The number of rotatable bonds is 16. The molecule has 0 fully saturated rings. The Morgan fingerprint density at radius 3 is 1.44 bits per heavy atom. The van der Waals surface area contributed by atoms with Gasteiger partial charge in [-0.05, 0) is 48.5 Å². The number of ether oxygens (including phenoxy) is 4. The molecule has 0 aliphatic heterocycles. The minimum atomic E-state index is -0.752. The van der Waals surface area contributed by atoms with Crippen molar-refractivity contribution in [3.05, 3.63) is 85.0 Å². The van der Waals surface area contributed by atoms with Crippen LogP contribution in [-0.2, 0) is 9.47 Å². The Kier molecular flexibility index (Phi) is 11.2. The molecule has 2 aromatic rings. The first-order valence-corrected chi connectivity index (χ1v) is 10.3. The van der Waals surface area contributed by atoms with Gasteiger partial charge < -0.3 is 29.2 Å². The van der Waals surface area contributed by atoms with E-state index in [4.69, 9.17) is 18.9 Å². The summed E-state index contributed by atoms with van der Waals surface area (Å²) < 4.78 is 21.4. The largest absolute Gasteiger partial charge is 0.491 e. The van der Waals surface area contributed by atoms with E-state index in [-0.39, 0.29) is 32.2 Å². The molecular formula is C25H30O7. The molecule has 7 nitrogen and oxygen atoms in total. The first-order valence-electron chi connectivity index (χ1n) is 10.3. The molecule has 0 saturated carbocycles. The van der Waals surface area contributed by atoms with Crippen LogP contribution in [-0.4, -0.2) is 67.8 Å². The third kappa shape index (κ3) is 9.03. The van der Waals surface area contributed by atoms with Crippen LogP contribution in [0.15, 0.2) is 73.8 Å². The standard InChI is InChI=1S/C25H30O7/c1-3-13-29-15-21(26)17-31-23-9-5-19(6-10-23)25(28)20-7-11-24(12-8-20)32-18-22(27)16-30-14-4-2/h3-12,21-22,26-27H,1-2,13-18H2. The molecule has 0 radical (unpaired) electrons. The summed E-state index contributed by atoms with van der Waals surface area (Å²) in [6, 6.07) is 13.4. The fourth-order valence-electron chi connectivity index (χ4n) is 2.63. The Morgan fingerprint density at radius 2 is 1.09 bits per heavy atom. The lowest BCUT2D eigenvalue weighted by Crippen LogP contribution is -2.23. The van der Waals surface area contributed by atoms with Crippen molar-refractivity contribution in [3.8, 4) is 11.5 Å². The normalized spacial score (nSPS) is 12.6. The molecular weight excluding hydrogens is 412 g/mol. The average Bonchev–Trinajstić information content (AvgIpc) is 2.82. The summed E-state index contributed by atoms with van der Waals surface area (Å²) in [6.07, 6.45) is 1.71. The van der Waals surface area contributed by atoms with Gasteiger partial charge in [-0.15, -0.1) is 13.2 Å². The van der Waals surface area contributed by atoms with Crippen molar-refractivity contribution >= 4 is 5.78 Å². The van der Waals surface area contributed by atoms with Gasteiger partial charge in [-0.25, -0.2) is 0 Å². The first kappa shape index (κ1) is 25.3. The van der Waals surface area contributed by atoms with Gasteiger partial charge in [-0.1, -0.05) is 12.2 Å². The fourth-order valence-corrected chi connectivity index (χ4v) is 2.63. The molecule has 2 atom stereocenters. The van der Waals surface area contributed by atoms with Crippen molar-refractivity contribution in [2.24, 2.45) is 0 Å². The molecule has 0 aromatic heterocycles. The minimum Gasteiger partial charge on any atom is -0.491 e. The third-order valence-electron chi connectivity index (χ3n) is 4.21. The van der Waals surface area contributed by atoms with E-state index in [0.717, 1.165) is 0 Å². The third-order valence-corrected chi connectivity index (χ3v) is 4.21. The highest BCUT2D eigenvalue weighted by atomic mass is 16.5. The van der Waals surface area contributed by atoms with Crippen LogP contribution in [0.25, 0.3) is 0 Å². The highest BCUT2D eigenvalue weighted by Crippen LogP contribution is 2.18. The molecule has 0 amide bonds. The molecule has 0 aliphatic rings. The van der Waals surface area contributed by atoms with Crippen LogP contribution in [0.3, 0.4) is 0 Å². The molecule has 0 spiro atoms. The predicted octanol–water partition coefficient (Wildman–Crippen LogP) is 2.80. The lowest BCUT2D eigenvalue weighted by Gasteiger charge is -2.13. The maximum atomic E-state index is 12.7. The zero-order chi connectivity index (χ0) is 23.2. The number of ketones is 1. The molecule has 0 bridgehead atoms. The van der Waals surface area contributed by atoms with Gasteiger partial charge in [0, 0.05) is 11.1 Å². The van der Waals surface area contributed by atoms with E-state index in [2.05, 4.69) is 13.2 Å². The Labute approximate surface area is 188 Å². The lowest BCUT2D eigenvalue weighted by atomic mass is 10.0. The second-order valence-electron chi connectivity index (χ2n) is 6.96. The van der Waals surface area contributed by atoms with Gasteiger partial charge in [-0.2, -0.15) is 0 Å². The molecule has 0 aliphatic carbocycles. The summed E-state index contributed by atoms with van der Waals surface area (Å²) in [5.41, 5.74) is 1.02. The van der Waals surface area contributed by atoms with E-state index in [0.29, 0.717) is 35.8 Å². The Bertz CT molecular complexity index is 761. The summed E-state index contributed by atoms with van der Waals surface area (Å²) in [6.45, 7) is 8.30. The Morgan fingerprint density at radius 1 is 0.719 bits per heavy atom. The number of aliphatic hydroxyl groups is 2. The molecule has 32 heavy (non-hydrogen) atoms. The molecule has 172 valence electrons. The van der Waals surface area contributed by atoms with Crippen molar-refractivity contribution in [1.82, 2.24) is 0 Å². The van der Waals surface area contributed by atoms with E-state index in [9.17, 15) is 15.0 Å².